The van der Waals surface area contributed by atoms with Crippen LogP contribution in [-0.2, 0) is 24.0 Å². The van der Waals surface area contributed by atoms with E-state index in [1.165, 1.54) is 11.8 Å². The second-order valence-electron chi connectivity index (χ2n) is 6.21. The number of nitrogens with two attached hydrogens (primary N) is 1. The van der Waals surface area contributed by atoms with Crippen LogP contribution in [0.15, 0.2) is 0 Å². The number of hydrogen-bond donors (Lipinski definition) is 8. The van der Waals surface area contributed by atoms with Crippen molar-refractivity contribution in [2.24, 2.45) is 5.73 Å². The molecule has 172 valence electrons. The Kier molecular flexibility index (Phi) is 14.4. The number of hydrogen-bond acceptors (Lipinski definition) is 9. The van der Waals surface area contributed by atoms with Gasteiger partial charge >= 0.3 is 11.9 Å². The molecule has 30 heavy (non-hydrogen) atoms. The monoisotopic (exact) mass is 484 g/mol. The van der Waals surface area contributed by atoms with Gasteiger partial charge in [-0.05, 0) is 24.9 Å². The van der Waals surface area contributed by atoms with Crippen molar-refractivity contribution in [2.45, 2.75) is 43.4 Å². The molecular formula is C16H28N4O7S3. The molecule has 0 radical (unpaired) electrons. The van der Waals surface area contributed by atoms with Crippen molar-refractivity contribution in [3.8, 4) is 0 Å². The van der Waals surface area contributed by atoms with Crippen molar-refractivity contribution in [1.82, 2.24) is 16.0 Å². The molecule has 11 nitrogen and oxygen atoms in total. The molecule has 0 aromatic rings. The third-order valence-corrected chi connectivity index (χ3v) is 5.26. The van der Waals surface area contributed by atoms with Crippen molar-refractivity contribution in [3.63, 3.8) is 0 Å². The highest BCUT2D eigenvalue weighted by molar-refractivity contribution is 7.98. The van der Waals surface area contributed by atoms with Crippen LogP contribution in [0.4, 0.5) is 0 Å². The molecule has 3 amide bonds. The van der Waals surface area contributed by atoms with Crippen molar-refractivity contribution in [3.05, 3.63) is 0 Å². The number of carboxylic acid groups (broad SMARTS) is 2. The van der Waals surface area contributed by atoms with E-state index in [9.17, 15) is 24.0 Å². The average Bonchev–Trinajstić information content (AvgIpc) is 2.70. The lowest BCUT2D eigenvalue weighted by Crippen LogP contribution is -2.57. The summed E-state index contributed by atoms with van der Waals surface area (Å²) in [6, 6.07) is -4.58. The molecule has 4 atom stereocenters. The van der Waals surface area contributed by atoms with Gasteiger partial charge in [0.2, 0.25) is 17.7 Å². The van der Waals surface area contributed by atoms with Crippen LogP contribution in [0.3, 0.4) is 0 Å². The second kappa shape index (κ2) is 15.2. The summed E-state index contributed by atoms with van der Waals surface area (Å²) in [5.74, 6) is -4.33. The Bertz CT molecular complexity index is 624. The zero-order valence-corrected chi connectivity index (χ0v) is 19.0. The Balaban J connectivity index is 5.38. The Morgan fingerprint density at radius 3 is 1.80 bits per heavy atom. The number of amides is 3. The minimum atomic E-state index is -1.33. The SMILES string of the molecule is CSCC[C@H](NC(=O)[C@@H](N)CS)C(=O)N[C@@H](CCC(=O)O)C(=O)N[C@@H](CS)C(=O)O. The molecule has 0 spiro atoms. The van der Waals surface area contributed by atoms with Crippen LogP contribution in [0.1, 0.15) is 19.3 Å². The number of rotatable bonds is 15. The van der Waals surface area contributed by atoms with E-state index in [1.807, 2.05) is 6.26 Å². The highest BCUT2D eigenvalue weighted by atomic mass is 32.2. The Hall–Kier alpha value is -1.64. The maximum absolute atomic E-state index is 12.7. The fourth-order valence-electron chi connectivity index (χ4n) is 2.13. The maximum atomic E-state index is 12.7. The van der Waals surface area contributed by atoms with Crippen LogP contribution in [0, 0.1) is 0 Å². The molecule has 0 aliphatic carbocycles. The third-order valence-electron chi connectivity index (χ3n) is 3.85. The number of carbonyl (C=O) groups is 5. The van der Waals surface area contributed by atoms with Gasteiger partial charge < -0.3 is 31.9 Å². The van der Waals surface area contributed by atoms with Crippen molar-refractivity contribution < 1.29 is 34.2 Å². The summed E-state index contributed by atoms with van der Waals surface area (Å²) >= 11 is 9.21. The van der Waals surface area contributed by atoms with Crippen LogP contribution in [-0.4, -0.2) is 87.6 Å². The lowest BCUT2D eigenvalue weighted by atomic mass is 10.1. The highest BCUT2D eigenvalue weighted by Gasteiger charge is 2.30. The summed E-state index contributed by atoms with van der Waals surface area (Å²) in [4.78, 5) is 59.2. The van der Waals surface area contributed by atoms with Crippen LogP contribution in [0.2, 0.25) is 0 Å². The van der Waals surface area contributed by atoms with Crippen molar-refractivity contribution in [2.75, 3.05) is 23.5 Å². The molecule has 0 rings (SSSR count). The first-order chi connectivity index (χ1) is 14.1. The van der Waals surface area contributed by atoms with Gasteiger partial charge in [-0.2, -0.15) is 37.0 Å². The van der Waals surface area contributed by atoms with Crippen molar-refractivity contribution in [1.29, 1.82) is 0 Å². The minimum Gasteiger partial charge on any atom is -0.481 e. The third kappa shape index (κ3) is 10.9. The average molecular weight is 485 g/mol. The van der Waals surface area contributed by atoms with Gasteiger partial charge in [-0.25, -0.2) is 4.79 Å². The molecule has 0 unspecified atom stereocenters. The number of thioether (sulfide) groups is 1. The quantitative estimate of drug-likeness (QED) is 0.126. The maximum Gasteiger partial charge on any atom is 0.327 e. The lowest BCUT2D eigenvalue weighted by molar-refractivity contribution is -0.142. The van der Waals surface area contributed by atoms with Gasteiger partial charge in [-0.15, -0.1) is 0 Å². The fourth-order valence-corrected chi connectivity index (χ4v) is 3.02. The van der Waals surface area contributed by atoms with Gasteiger partial charge in [0.1, 0.15) is 18.1 Å². The minimum absolute atomic E-state index is 0.0622. The van der Waals surface area contributed by atoms with Gasteiger partial charge in [0.25, 0.3) is 0 Å². The zero-order chi connectivity index (χ0) is 23.3. The predicted molar refractivity (Wildman–Crippen MR) is 119 cm³/mol. The van der Waals surface area contributed by atoms with Crippen molar-refractivity contribution >= 4 is 66.7 Å². The molecule has 0 heterocycles. The number of thiol groups is 2. The summed E-state index contributed by atoms with van der Waals surface area (Å²) in [6.07, 6.45) is 1.33. The summed E-state index contributed by atoms with van der Waals surface area (Å²) in [5.41, 5.74) is 5.60. The Morgan fingerprint density at radius 1 is 0.867 bits per heavy atom. The lowest BCUT2D eigenvalue weighted by Gasteiger charge is -2.24. The second-order valence-corrected chi connectivity index (χ2v) is 7.92. The smallest absolute Gasteiger partial charge is 0.327 e. The number of aliphatic carboxylic acids is 2. The molecule has 7 N–H and O–H groups in total. The molecular weight excluding hydrogens is 456 g/mol. The molecule has 14 heteroatoms. The number of nitrogens with one attached hydrogen (secondary N) is 3. The van der Waals surface area contributed by atoms with E-state index in [1.54, 1.807) is 0 Å². The first kappa shape index (κ1) is 28.4. The van der Waals surface area contributed by atoms with E-state index in [2.05, 4.69) is 41.2 Å². The van der Waals surface area contributed by atoms with Gasteiger partial charge in [-0.1, -0.05) is 0 Å². The fraction of sp³-hybridized carbons (Fsp3) is 0.688. The number of carbonyl (C=O) groups excluding carboxylic acids is 3. The summed E-state index contributed by atoms with van der Waals surface area (Å²) in [5, 5.41) is 25.0. The summed E-state index contributed by atoms with van der Waals surface area (Å²) in [6.45, 7) is 0. The molecule has 0 saturated heterocycles. The molecule has 0 aliphatic rings. The molecule has 0 bridgehead atoms. The van der Waals surface area contributed by atoms with E-state index in [4.69, 9.17) is 15.9 Å². The van der Waals surface area contributed by atoms with Crippen LogP contribution < -0.4 is 21.7 Å². The van der Waals surface area contributed by atoms with E-state index in [0.29, 0.717) is 5.75 Å². The Labute approximate surface area is 189 Å². The van der Waals surface area contributed by atoms with Crippen LogP contribution >= 0.6 is 37.0 Å². The standard InChI is InChI=1S/C16H28N4O7S3/c1-30-5-4-10(18-13(23)8(17)6-28)15(25)19-9(2-3-12(21)22)14(24)20-11(7-29)16(26)27/h8-11,28-29H,2-7,17H2,1H3,(H,18,23)(H,19,25)(H,20,24)(H,21,22)(H,26,27)/t8-,9-,10-,11-/m0/s1. The molecule has 0 saturated carbocycles. The largest absolute Gasteiger partial charge is 0.481 e. The Morgan fingerprint density at radius 2 is 1.37 bits per heavy atom. The first-order valence-electron chi connectivity index (χ1n) is 8.89. The summed E-state index contributed by atoms with van der Waals surface area (Å²) in [7, 11) is 0. The van der Waals surface area contributed by atoms with E-state index >= 15 is 0 Å². The molecule has 0 aromatic heterocycles. The van der Waals surface area contributed by atoms with Crippen LogP contribution in [0.25, 0.3) is 0 Å². The molecule has 0 fully saturated rings. The zero-order valence-electron chi connectivity index (χ0n) is 16.4. The highest BCUT2D eigenvalue weighted by Crippen LogP contribution is 2.05. The normalized spacial score (nSPS) is 14.7. The van der Waals surface area contributed by atoms with E-state index in [-0.39, 0.29) is 24.3 Å². The predicted octanol–water partition coefficient (Wildman–Crippen LogP) is -1.67. The molecule has 0 aromatic carbocycles. The first-order valence-corrected chi connectivity index (χ1v) is 11.5. The van der Waals surface area contributed by atoms with E-state index in [0.717, 1.165) is 0 Å². The topological polar surface area (TPSA) is 188 Å². The van der Waals surface area contributed by atoms with Gasteiger partial charge in [0, 0.05) is 17.9 Å². The van der Waals surface area contributed by atoms with Crippen LogP contribution in [0.5, 0.6) is 0 Å². The summed E-state index contributed by atoms with van der Waals surface area (Å²) < 4.78 is 0. The van der Waals surface area contributed by atoms with Gasteiger partial charge in [-0.3, -0.25) is 19.2 Å². The van der Waals surface area contributed by atoms with E-state index < -0.39 is 60.2 Å². The molecule has 0 aliphatic heterocycles. The van der Waals surface area contributed by atoms with Gasteiger partial charge in [0.15, 0.2) is 0 Å². The number of carboxylic acids is 2. The van der Waals surface area contributed by atoms with Gasteiger partial charge in [0.05, 0.1) is 6.04 Å².